The number of carbonyl (C=O) groups is 2. The molecule has 0 unspecified atom stereocenters. The molecule has 0 bridgehead atoms. The van der Waals surface area contributed by atoms with Crippen LogP contribution in [0.3, 0.4) is 0 Å². The number of nitrogens with one attached hydrogen (secondary N) is 2. The van der Waals surface area contributed by atoms with Gasteiger partial charge in [-0.15, -0.1) is 0 Å². The normalized spacial score (nSPS) is 10.8. The van der Waals surface area contributed by atoms with E-state index in [1.165, 1.54) is 6.33 Å². The summed E-state index contributed by atoms with van der Waals surface area (Å²) in [5.41, 5.74) is 4.27. The Labute approximate surface area is 150 Å². The molecule has 8 heteroatoms. The van der Waals surface area contributed by atoms with Crippen LogP contribution in [0.4, 0.5) is 5.69 Å². The number of H-pyrrole nitrogens is 1. The minimum atomic E-state index is -0.342. The Balaban J connectivity index is 1.85. The lowest BCUT2D eigenvalue weighted by molar-refractivity contribution is -0.127. The van der Waals surface area contributed by atoms with E-state index in [9.17, 15) is 9.59 Å². The maximum atomic E-state index is 12.6. The fraction of sp³-hybridized carbons (Fsp3) is 0.278. The van der Waals surface area contributed by atoms with E-state index < -0.39 is 0 Å². The van der Waals surface area contributed by atoms with E-state index in [0.29, 0.717) is 23.1 Å². The lowest BCUT2D eigenvalue weighted by atomic mass is 9.98. The van der Waals surface area contributed by atoms with Crippen LogP contribution in [-0.4, -0.2) is 51.0 Å². The number of hydrogen-bond acceptors (Lipinski definition) is 5. The third-order valence-corrected chi connectivity index (χ3v) is 4.44. The molecule has 134 valence electrons. The van der Waals surface area contributed by atoms with Crippen LogP contribution >= 0.6 is 0 Å². The molecule has 3 rings (SSSR count). The monoisotopic (exact) mass is 352 g/mol. The van der Waals surface area contributed by atoms with Gasteiger partial charge in [0.1, 0.15) is 6.33 Å². The lowest BCUT2D eigenvalue weighted by Crippen LogP contribution is -2.24. The molecule has 2 N–H and O–H groups in total. The third-order valence-electron chi connectivity index (χ3n) is 4.44. The van der Waals surface area contributed by atoms with Gasteiger partial charge in [0.25, 0.3) is 5.91 Å². The number of likely N-dealkylation sites (N-methyl/N-ethyl adjacent to an activating group) is 1. The summed E-state index contributed by atoms with van der Waals surface area (Å²) < 4.78 is 0. The number of fused-ring (bicyclic) bond motifs is 1. The summed E-state index contributed by atoms with van der Waals surface area (Å²) in [5.74, 6) is -0.307. The van der Waals surface area contributed by atoms with E-state index in [0.717, 1.165) is 16.7 Å². The molecule has 0 saturated heterocycles. The molecule has 0 saturated carbocycles. The number of nitrogens with zero attached hydrogens (tertiary/aromatic N) is 4. The fourth-order valence-corrected chi connectivity index (χ4v) is 2.64. The van der Waals surface area contributed by atoms with E-state index in [4.69, 9.17) is 0 Å². The molecule has 2 amide bonds. The first-order chi connectivity index (χ1) is 12.4. The van der Waals surface area contributed by atoms with Crippen LogP contribution in [0.15, 0.2) is 24.7 Å². The maximum absolute atomic E-state index is 12.6. The standard InChI is InChI=1S/C18H20N6O2/c1-10-11(2)14(6-5-12(10)7-15(25)24(3)4)21-18(26)16-13-8-19-9-20-17(13)23-22-16/h5-6,8-9H,7H2,1-4H3,(H,21,26)(H,19,20,22,23). The summed E-state index contributed by atoms with van der Waals surface area (Å²) in [4.78, 5) is 34.1. The number of rotatable bonds is 4. The van der Waals surface area contributed by atoms with Crippen LogP contribution < -0.4 is 5.32 Å². The molecule has 0 atom stereocenters. The van der Waals surface area contributed by atoms with Crippen molar-refractivity contribution in [2.75, 3.05) is 19.4 Å². The van der Waals surface area contributed by atoms with Gasteiger partial charge in [-0.3, -0.25) is 14.7 Å². The van der Waals surface area contributed by atoms with E-state index in [-0.39, 0.29) is 17.5 Å². The van der Waals surface area contributed by atoms with Gasteiger partial charge in [-0.05, 0) is 36.6 Å². The van der Waals surface area contributed by atoms with Gasteiger partial charge in [0, 0.05) is 26.0 Å². The van der Waals surface area contributed by atoms with Gasteiger partial charge in [-0.25, -0.2) is 9.97 Å². The Hall–Kier alpha value is -3.29. The molecule has 2 heterocycles. The Morgan fingerprint density at radius 3 is 2.69 bits per heavy atom. The average Bonchev–Trinajstić information content (AvgIpc) is 3.05. The summed E-state index contributed by atoms with van der Waals surface area (Å²) in [5, 5.41) is 10.2. The number of benzene rings is 1. The number of aromatic amines is 1. The van der Waals surface area contributed by atoms with Crippen LogP contribution in [-0.2, 0) is 11.2 Å². The summed E-state index contributed by atoms with van der Waals surface area (Å²) in [7, 11) is 3.47. The molecule has 8 nitrogen and oxygen atoms in total. The van der Waals surface area contributed by atoms with Gasteiger partial charge in [-0.2, -0.15) is 5.10 Å². The van der Waals surface area contributed by atoms with E-state index >= 15 is 0 Å². The van der Waals surface area contributed by atoms with Crippen LogP contribution in [0.1, 0.15) is 27.2 Å². The third kappa shape index (κ3) is 3.26. The quantitative estimate of drug-likeness (QED) is 0.746. The highest BCUT2D eigenvalue weighted by Gasteiger charge is 2.17. The maximum Gasteiger partial charge on any atom is 0.276 e. The van der Waals surface area contributed by atoms with Gasteiger partial charge in [0.05, 0.1) is 11.8 Å². The number of amides is 2. The molecule has 0 radical (unpaired) electrons. The van der Waals surface area contributed by atoms with Gasteiger partial charge < -0.3 is 10.2 Å². The molecule has 1 aromatic carbocycles. The first-order valence-corrected chi connectivity index (χ1v) is 8.13. The second kappa shape index (κ2) is 6.91. The zero-order chi connectivity index (χ0) is 18.8. The van der Waals surface area contributed by atoms with Crippen LogP contribution in [0, 0.1) is 13.8 Å². The smallest absolute Gasteiger partial charge is 0.276 e. The Bertz CT molecular complexity index is 993. The first-order valence-electron chi connectivity index (χ1n) is 8.13. The van der Waals surface area contributed by atoms with Gasteiger partial charge in [0.15, 0.2) is 11.3 Å². The van der Waals surface area contributed by atoms with Gasteiger partial charge >= 0.3 is 0 Å². The molecule has 3 aromatic rings. The first kappa shape index (κ1) is 17.5. The lowest BCUT2D eigenvalue weighted by Gasteiger charge is -2.16. The minimum absolute atomic E-state index is 0.0345. The SMILES string of the molecule is Cc1c(CC(=O)N(C)C)ccc(NC(=O)c2n[nH]c3ncncc23)c1C. The number of hydrogen-bond donors (Lipinski definition) is 2. The predicted octanol–water partition coefficient (Wildman–Crippen LogP) is 1.85. The zero-order valence-electron chi connectivity index (χ0n) is 15.1. The van der Waals surface area contributed by atoms with Crippen molar-refractivity contribution in [1.29, 1.82) is 0 Å². The van der Waals surface area contributed by atoms with Crippen molar-refractivity contribution in [2.45, 2.75) is 20.3 Å². The Morgan fingerprint density at radius 2 is 1.96 bits per heavy atom. The average molecular weight is 352 g/mol. The largest absolute Gasteiger partial charge is 0.349 e. The molecule has 0 aliphatic heterocycles. The van der Waals surface area contributed by atoms with E-state index in [1.807, 2.05) is 26.0 Å². The van der Waals surface area contributed by atoms with Crippen LogP contribution in [0.25, 0.3) is 11.0 Å². The molecule has 0 aliphatic rings. The van der Waals surface area contributed by atoms with Crippen molar-refractivity contribution in [3.05, 3.63) is 47.0 Å². The van der Waals surface area contributed by atoms with Crippen molar-refractivity contribution in [3.63, 3.8) is 0 Å². The van der Waals surface area contributed by atoms with Crippen molar-refractivity contribution in [1.82, 2.24) is 25.1 Å². The number of aromatic nitrogens is 4. The number of carbonyl (C=O) groups excluding carboxylic acids is 2. The van der Waals surface area contributed by atoms with E-state index in [2.05, 4.69) is 25.5 Å². The van der Waals surface area contributed by atoms with Gasteiger partial charge in [-0.1, -0.05) is 6.07 Å². The van der Waals surface area contributed by atoms with Crippen molar-refractivity contribution in [2.24, 2.45) is 0 Å². The van der Waals surface area contributed by atoms with Crippen molar-refractivity contribution >= 4 is 28.5 Å². The highest BCUT2D eigenvalue weighted by Crippen LogP contribution is 2.24. The second-order valence-corrected chi connectivity index (χ2v) is 6.30. The summed E-state index contributed by atoms with van der Waals surface area (Å²) >= 11 is 0. The molecule has 2 aromatic heterocycles. The van der Waals surface area contributed by atoms with Crippen molar-refractivity contribution in [3.8, 4) is 0 Å². The molecule has 0 fully saturated rings. The fourth-order valence-electron chi connectivity index (χ4n) is 2.64. The Morgan fingerprint density at radius 1 is 1.19 bits per heavy atom. The van der Waals surface area contributed by atoms with E-state index in [1.54, 1.807) is 25.2 Å². The highest BCUT2D eigenvalue weighted by atomic mass is 16.2. The molecule has 26 heavy (non-hydrogen) atoms. The van der Waals surface area contributed by atoms with Crippen LogP contribution in [0.5, 0.6) is 0 Å². The minimum Gasteiger partial charge on any atom is -0.349 e. The van der Waals surface area contributed by atoms with Gasteiger partial charge in [0.2, 0.25) is 5.91 Å². The Kier molecular flexibility index (Phi) is 4.66. The predicted molar refractivity (Wildman–Crippen MR) is 98.0 cm³/mol. The highest BCUT2D eigenvalue weighted by molar-refractivity contribution is 6.10. The summed E-state index contributed by atoms with van der Waals surface area (Å²) in [6.45, 7) is 3.86. The van der Waals surface area contributed by atoms with Crippen molar-refractivity contribution < 1.29 is 9.59 Å². The summed E-state index contributed by atoms with van der Waals surface area (Å²) in [6.07, 6.45) is 3.27. The molecular weight excluding hydrogens is 332 g/mol. The zero-order valence-corrected chi connectivity index (χ0v) is 15.1. The second-order valence-electron chi connectivity index (χ2n) is 6.30. The summed E-state index contributed by atoms with van der Waals surface area (Å²) in [6, 6.07) is 3.68. The topological polar surface area (TPSA) is 104 Å². The molecule has 0 aliphatic carbocycles. The molecular formula is C18H20N6O2. The number of anilines is 1. The molecule has 0 spiro atoms. The van der Waals surface area contributed by atoms with Crippen LogP contribution in [0.2, 0.25) is 0 Å².